The molecule has 2 fully saturated rings. The van der Waals surface area contributed by atoms with E-state index < -0.39 is 0 Å². The summed E-state index contributed by atoms with van der Waals surface area (Å²) in [5.41, 5.74) is 0.613. The Labute approximate surface area is 200 Å². The Morgan fingerprint density at radius 2 is 1.71 bits per heavy atom. The lowest BCUT2D eigenvalue weighted by Crippen LogP contribution is -2.55. The van der Waals surface area contributed by atoms with Gasteiger partial charge in [-0.3, -0.25) is 14.5 Å². The van der Waals surface area contributed by atoms with Crippen LogP contribution in [0.4, 0.5) is 10.3 Å². The quantitative estimate of drug-likeness (QED) is 0.667. The molecule has 1 atom stereocenters. The van der Waals surface area contributed by atoms with Gasteiger partial charge in [-0.05, 0) is 57.0 Å². The summed E-state index contributed by atoms with van der Waals surface area (Å²) in [6.45, 7) is 6.57. The molecule has 0 aliphatic carbocycles. The molecule has 2 amide bonds. The van der Waals surface area contributed by atoms with E-state index >= 15 is 0 Å². The Morgan fingerprint density at radius 1 is 1.03 bits per heavy atom. The van der Waals surface area contributed by atoms with E-state index in [0.717, 1.165) is 39.0 Å². The van der Waals surface area contributed by atoms with Gasteiger partial charge in [-0.2, -0.15) is 0 Å². The smallest absolute Gasteiger partial charge is 0.239 e. The number of nitrogens with zero attached hydrogens (tertiary/aromatic N) is 5. The molecule has 2 aliphatic heterocycles. The zero-order valence-corrected chi connectivity index (χ0v) is 19.7. The lowest BCUT2D eigenvalue weighted by molar-refractivity contribution is -0.137. The number of hydrogen-bond donors (Lipinski definition) is 1. The minimum Gasteiger partial charge on any atom is -0.356 e. The number of hydrogen-bond acceptors (Lipinski definition) is 6. The normalized spacial score (nSPS) is 18.5. The summed E-state index contributed by atoms with van der Waals surface area (Å²) in [6.07, 6.45) is 5.39. The number of halogens is 1. The number of amides is 2. The molecular formula is C25H33FN6O2. The third kappa shape index (κ3) is 5.88. The van der Waals surface area contributed by atoms with Crippen molar-refractivity contribution < 1.29 is 14.0 Å². The monoisotopic (exact) mass is 468 g/mol. The van der Waals surface area contributed by atoms with Gasteiger partial charge in [0.25, 0.3) is 0 Å². The van der Waals surface area contributed by atoms with E-state index in [9.17, 15) is 14.0 Å². The van der Waals surface area contributed by atoms with Crippen LogP contribution in [-0.2, 0) is 16.0 Å². The molecule has 1 unspecified atom stereocenters. The number of carbonyl (C=O) groups is 2. The van der Waals surface area contributed by atoms with Crippen molar-refractivity contribution in [2.75, 3.05) is 50.7 Å². The van der Waals surface area contributed by atoms with E-state index in [4.69, 9.17) is 0 Å². The van der Waals surface area contributed by atoms with Gasteiger partial charge in [-0.1, -0.05) is 18.2 Å². The lowest BCUT2D eigenvalue weighted by Gasteiger charge is -2.40. The van der Waals surface area contributed by atoms with Crippen molar-refractivity contribution >= 4 is 17.8 Å². The maximum absolute atomic E-state index is 13.7. The Hall–Kier alpha value is -3.07. The number of piperidine rings is 1. The van der Waals surface area contributed by atoms with E-state index in [0.29, 0.717) is 37.6 Å². The molecule has 0 saturated carbocycles. The van der Waals surface area contributed by atoms with Crippen molar-refractivity contribution in [3.05, 3.63) is 54.1 Å². The van der Waals surface area contributed by atoms with Crippen molar-refractivity contribution in [1.82, 2.24) is 25.1 Å². The molecule has 3 heterocycles. The number of aromatic nitrogens is 2. The molecule has 34 heavy (non-hydrogen) atoms. The van der Waals surface area contributed by atoms with Gasteiger partial charge >= 0.3 is 0 Å². The molecule has 1 aromatic heterocycles. The predicted molar refractivity (Wildman–Crippen MR) is 128 cm³/mol. The second-order valence-electron chi connectivity index (χ2n) is 8.98. The van der Waals surface area contributed by atoms with E-state index in [1.807, 2.05) is 11.8 Å². The minimum atomic E-state index is -0.237. The number of likely N-dealkylation sites (tertiary alicyclic amines) is 1. The van der Waals surface area contributed by atoms with Gasteiger partial charge in [0.15, 0.2) is 0 Å². The molecule has 2 aromatic rings. The largest absolute Gasteiger partial charge is 0.356 e. The van der Waals surface area contributed by atoms with Crippen LogP contribution in [0.25, 0.3) is 0 Å². The molecule has 1 aromatic carbocycles. The Kier molecular flexibility index (Phi) is 8.05. The predicted octanol–water partition coefficient (Wildman–Crippen LogP) is 1.72. The number of piperazine rings is 1. The first kappa shape index (κ1) is 24.1. The molecule has 0 radical (unpaired) electrons. The molecule has 2 aliphatic rings. The Morgan fingerprint density at radius 3 is 2.38 bits per heavy atom. The van der Waals surface area contributed by atoms with Crippen LogP contribution in [0.1, 0.15) is 25.3 Å². The van der Waals surface area contributed by atoms with Gasteiger partial charge in [-0.15, -0.1) is 0 Å². The zero-order valence-electron chi connectivity index (χ0n) is 19.7. The highest BCUT2D eigenvalue weighted by molar-refractivity contribution is 5.82. The molecule has 182 valence electrons. The van der Waals surface area contributed by atoms with E-state index in [1.54, 1.807) is 36.7 Å². The number of benzene rings is 1. The molecule has 0 bridgehead atoms. The highest BCUT2D eigenvalue weighted by Crippen LogP contribution is 2.21. The van der Waals surface area contributed by atoms with Crippen LogP contribution in [0.15, 0.2) is 42.7 Å². The number of anilines is 1. The molecule has 1 N–H and O–H groups in total. The van der Waals surface area contributed by atoms with Crippen LogP contribution in [-0.4, -0.2) is 83.4 Å². The van der Waals surface area contributed by atoms with Crippen LogP contribution in [0.2, 0.25) is 0 Å². The maximum Gasteiger partial charge on any atom is 0.239 e. The molecule has 4 rings (SSSR count). The third-order valence-corrected chi connectivity index (χ3v) is 6.88. The molecule has 0 spiro atoms. The van der Waals surface area contributed by atoms with Crippen LogP contribution >= 0.6 is 0 Å². The maximum atomic E-state index is 13.7. The topological polar surface area (TPSA) is 81.7 Å². The number of nitrogens with one attached hydrogen (secondary N) is 1. The van der Waals surface area contributed by atoms with Gasteiger partial charge in [0, 0.05) is 51.0 Å². The molecule has 9 heteroatoms. The highest BCUT2D eigenvalue weighted by Gasteiger charge is 2.32. The number of carbonyl (C=O) groups excluding carboxylic acids is 2. The SMILES string of the molecule is CC(C(=O)N1CCN(c2ncccn2)CC1)N1CCC(C(=O)NCCc2ccccc2F)CC1. The average Bonchev–Trinajstić information content (AvgIpc) is 2.89. The first-order valence-corrected chi connectivity index (χ1v) is 12.1. The molecule has 2 saturated heterocycles. The summed E-state index contributed by atoms with van der Waals surface area (Å²) in [4.78, 5) is 40.4. The van der Waals surface area contributed by atoms with Crippen LogP contribution in [0, 0.1) is 11.7 Å². The Balaban J connectivity index is 1.18. The van der Waals surface area contributed by atoms with Crippen molar-refractivity contribution in [3.63, 3.8) is 0 Å². The van der Waals surface area contributed by atoms with Gasteiger partial charge < -0.3 is 15.1 Å². The third-order valence-electron chi connectivity index (χ3n) is 6.88. The highest BCUT2D eigenvalue weighted by atomic mass is 19.1. The van der Waals surface area contributed by atoms with Crippen LogP contribution in [0.3, 0.4) is 0 Å². The Bertz CT molecular complexity index is 959. The fourth-order valence-electron chi connectivity index (χ4n) is 4.72. The first-order chi connectivity index (χ1) is 16.5. The van der Waals surface area contributed by atoms with Crippen molar-refractivity contribution in [3.8, 4) is 0 Å². The summed E-state index contributed by atoms with van der Waals surface area (Å²) in [7, 11) is 0. The van der Waals surface area contributed by atoms with E-state index in [1.165, 1.54) is 6.07 Å². The lowest BCUT2D eigenvalue weighted by atomic mass is 9.94. The fraction of sp³-hybridized carbons (Fsp3) is 0.520. The van der Waals surface area contributed by atoms with Gasteiger partial charge in [0.05, 0.1) is 6.04 Å². The van der Waals surface area contributed by atoms with Gasteiger partial charge in [0.1, 0.15) is 5.82 Å². The standard InChI is InChI=1S/C25H33FN6O2/c1-19(24(34)31-15-17-32(18-16-31)25-28-10-4-11-29-25)30-13-8-21(9-14-30)23(33)27-12-7-20-5-2-3-6-22(20)26/h2-6,10-11,19,21H,7-9,12-18H2,1H3,(H,27,33). The molecule has 8 nitrogen and oxygen atoms in total. The van der Waals surface area contributed by atoms with Crippen LogP contribution in [0.5, 0.6) is 0 Å². The van der Waals surface area contributed by atoms with E-state index in [2.05, 4.69) is 25.1 Å². The van der Waals surface area contributed by atoms with Crippen molar-refractivity contribution in [2.24, 2.45) is 5.92 Å². The average molecular weight is 469 g/mol. The molecular weight excluding hydrogens is 435 g/mol. The summed E-state index contributed by atoms with van der Waals surface area (Å²) >= 11 is 0. The second kappa shape index (κ2) is 11.4. The van der Waals surface area contributed by atoms with Crippen molar-refractivity contribution in [1.29, 1.82) is 0 Å². The summed E-state index contributed by atoms with van der Waals surface area (Å²) in [6, 6.07) is 8.24. The van der Waals surface area contributed by atoms with Gasteiger partial charge in [-0.25, -0.2) is 14.4 Å². The van der Waals surface area contributed by atoms with Gasteiger partial charge in [0.2, 0.25) is 17.8 Å². The summed E-state index contributed by atoms with van der Waals surface area (Å²) in [5.74, 6) is 0.569. The summed E-state index contributed by atoms with van der Waals surface area (Å²) in [5, 5.41) is 2.95. The fourth-order valence-corrected chi connectivity index (χ4v) is 4.72. The summed E-state index contributed by atoms with van der Waals surface area (Å²) < 4.78 is 13.7. The zero-order chi connectivity index (χ0) is 23.9. The minimum absolute atomic E-state index is 0.0224. The van der Waals surface area contributed by atoms with Crippen molar-refractivity contribution in [2.45, 2.75) is 32.2 Å². The van der Waals surface area contributed by atoms with Crippen LogP contribution < -0.4 is 10.2 Å². The second-order valence-corrected chi connectivity index (χ2v) is 8.98. The first-order valence-electron chi connectivity index (χ1n) is 12.1. The number of rotatable bonds is 7. The van der Waals surface area contributed by atoms with E-state index in [-0.39, 0.29) is 29.6 Å².